The molecule has 1 aliphatic rings. The van der Waals surface area contributed by atoms with Gasteiger partial charge in [-0.2, -0.15) is 0 Å². The van der Waals surface area contributed by atoms with E-state index in [9.17, 15) is 0 Å². The first-order valence-corrected chi connectivity index (χ1v) is 5.17. The molecule has 0 aliphatic carbocycles. The lowest BCUT2D eigenvalue weighted by Gasteiger charge is -2.34. The summed E-state index contributed by atoms with van der Waals surface area (Å²) in [6, 6.07) is 0. The molecule has 10 heavy (non-hydrogen) atoms. The second-order valence-corrected chi connectivity index (χ2v) is 5.38. The Bertz CT molecular complexity index is 117. The van der Waals surface area contributed by atoms with Crippen LogP contribution in [0, 0.1) is 0 Å². The first-order chi connectivity index (χ1) is 4.52. The van der Waals surface area contributed by atoms with Crippen molar-refractivity contribution in [1.29, 1.82) is 0 Å². The summed E-state index contributed by atoms with van der Waals surface area (Å²) in [6.45, 7) is 8.18. The summed E-state index contributed by atoms with van der Waals surface area (Å²) in [4.78, 5) is 2.58. The maximum Gasteiger partial charge on any atom is 0.0623 e. The number of nitrogens with zero attached hydrogens (tertiary/aromatic N) is 1. The molecule has 1 heterocycles. The molecule has 60 valence electrons. The maximum absolute atomic E-state index is 2.58. The van der Waals surface area contributed by atoms with Crippen LogP contribution in [0.15, 0.2) is 0 Å². The van der Waals surface area contributed by atoms with Crippen molar-refractivity contribution in [2.75, 3.05) is 6.54 Å². The van der Waals surface area contributed by atoms with Crippen LogP contribution in [-0.2, 0) is 0 Å². The minimum atomic E-state index is 0.377. The first kappa shape index (κ1) is 8.78. The molecule has 1 unspecified atom stereocenters. The fraction of sp³-hybridized carbons (Fsp3) is 1.00. The molecule has 0 aromatic rings. The minimum Gasteiger partial charge on any atom is -0.287 e. The lowest BCUT2D eigenvalue weighted by atomic mass is 10.1. The number of hydrogen-bond donors (Lipinski definition) is 0. The molecule has 1 atom stereocenters. The third-order valence-electron chi connectivity index (χ3n) is 2.04. The lowest BCUT2D eigenvalue weighted by Crippen LogP contribution is -2.41. The van der Waals surface area contributed by atoms with Crippen LogP contribution in [0.2, 0.25) is 0 Å². The molecule has 1 nitrogen and oxygen atoms in total. The molecule has 0 spiro atoms. The minimum absolute atomic E-state index is 0.377. The Hall–Kier alpha value is 0.690. The second-order valence-electron chi connectivity index (χ2n) is 3.94. The van der Waals surface area contributed by atoms with E-state index >= 15 is 0 Å². The average Bonchev–Trinajstić information content (AvgIpc) is 2.11. The van der Waals surface area contributed by atoms with Crippen LogP contribution in [0.1, 0.15) is 33.6 Å². The third-order valence-corrected chi connectivity index (χ3v) is 3.34. The van der Waals surface area contributed by atoms with E-state index in [4.69, 9.17) is 0 Å². The highest BCUT2D eigenvalue weighted by atomic mass is 127. The SMILES string of the molecule is CC(C)(C)N1CCCC1I. The van der Waals surface area contributed by atoms with E-state index in [2.05, 4.69) is 48.3 Å². The van der Waals surface area contributed by atoms with Gasteiger partial charge in [-0.05, 0) is 40.2 Å². The topological polar surface area (TPSA) is 3.24 Å². The largest absolute Gasteiger partial charge is 0.287 e. The van der Waals surface area contributed by atoms with Crippen molar-refractivity contribution < 1.29 is 0 Å². The van der Waals surface area contributed by atoms with Crippen LogP contribution in [0.3, 0.4) is 0 Å². The number of alkyl halides is 1. The van der Waals surface area contributed by atoms with E-state index in [1.165, 1.54) is 19.4 Å². The maximum atomic E-state index is 2.58. The van der Waals surface area contributed by atoms with Gasteiger partial charge in [0.2, 0.25) is 0 Å². The summed E-state index contributed by atoms with van der Waals surface area (Å²) in [5.41, 5.74) is 0.377. The van der Waals surface area contributed by atoms with Crippen molar-refractivity contribution in [2.45, 2.75) is 43.2 Å². The van der Waals surface area contributed by atoms with Crippen molar-refractivity contribution >= 4 is 22.6 Å². The number of hydrogen-bond acceptors (Lipinski definition) is 1. The monoisotopic (exact) mass is 253 g/mol. The average molecular weight is 253 g/mol. The molecule has 1 rings (SSSR count). The molecule has 1 fully saturated rings. The predicted molar refractivity (Wildman–Crippen MR) is 53.5 cm³/mol. The Labute approximate surface area is 77.3 Å². The first-order valence-electron chi connectivity index (χ1n) is 3.92. The Morgan fingerprint density at radius 2 is 2.00 bits per heavy atom. The number of halogens is 1. The van der Waals surface area contributed by atoms with Crippen LogP contribution in [-0.4, -0.2) is 21.0 Å². The van der Waals surface area contributed by atoms with Crippen LogP contribution in [0.4, 0.5) is 0 Å². The summed E-state index contributed by atoms with van der Waals surface area (Å²) in [5.74, 6) is 0. The quantitative estimate of drug-likeness (QED) is 0.364. The van der Waals surface area contributed by atoms with E-state index in [0.29, 0.717) is 5.54 Å². The highest BCUT2D eigenvalue weighted by Crippen LogP contribution is 2.29. The summed E-state index contributed by atoms with van der Waals surface area (Å²) in [7, 11) is 0. The van der Waals surface area contributed by atoms with Crippen molar-refractivity contribution in [3.63, 3.8) is 0 Å². The van der Waals surface area contributed by atoms with Gasteiger partial charge in [-0.3, -0.25) is 4.90 Å². The van der Waals surface area contributed by atoms with Crippen molar-refractivity contribution in [3.8, 4) is 0 Å². The van der Waals surface area contributed by atoms with Crippen LogP contribution in [0.5, 0.6) is 0 Å². The van der Waals surface area contributed by atoms with Gasteiger partial charge in [-0.1, -0.05) is 22.6 Å². The van der Waals surface area contributed by atoms with Gasteiger partial charge < -0.3 is 0 Å². The smallest absolute Gasteiger partial charge is 0.0623 e. The van der Waals surface area contributed by atoms with Gasteiger partial charge in [-0.25, -0.2) is 0 Å². The zero-order valence-corrected chi connectivity index (χ0v) is 9.18. The van der Waals surface area contributed by atoms with Crippen LogP contribution in [0.25, 0.3) is 0 Å². The lowest BCUT2D eigenvalue weighted by molar-refractivity contribution is 0.167. The number of likely N-dealkylation sites (tertiary alicyclic amines) is 1. The Kier molecular flexibility index (Phi) is 2.61. The van der Waals surface area contributed by atoms with E-state index in [-0.39, 0.29) is 0 Å². The molecule has 1 saturated heterocycles. The van der Waals surface area contributed by atoms with Crippen molar-refractivity contribution in [2.24, 2.45) is 0 Å². The molecule has 1 aliphatic heterocycles. The van der Waals surface area contributed by atoms with Gasteiger partial charge in [0.1, 0.15) is 0 Å². The molecule has 2 heteroatoms. The molecular weight excluding hydrogens is 237 g/mol. The third kappa shape index (κ3) is 1.84. The molecule has 0 bridgehead atoms. The Balaban J connectivity index is 2.55. The van der Waals surface area contributed by atoms with Crippen molar-refractivity contribution in [1.82, 2.24) is 4.90 Å². The molecule has 0 N–H and O–H groups in total. The molecule has 0 saturated carbocycles. The second kappa shape index (κ2) is 2.97. The van der Waals surface area contributed by atoms with Crippen LogP contribution < -0.4 is 0 Å². The molecule has 0 aromatic heterocycles. The van der Waals surface area contributed by atoms with Gasteiger partial charge in [0.25, 0.3) is 0 Å². The van der Waals surface area contributed by atoms with Gasteiger partial charge in [-0.15, -0.1) is 0 Å². The normalized spacial score (nSPS) is 29.4. The van der Waals surface area contributed by atoms with Gasteiger partial charge in [0.05, 0.1) is 4.05 Å². The zero-order valence-electron chi connectivity index (χ0n) is 7.02. The summed E-state index contributed by atoms with van der Waals surface area (Å²) in [5, 5.41) is 0. The van der Waals surface area contributed by atoms with E-state index in [1.54, 1.807) is 0 Å². The Morgan fingerprint density at radius 3 is 2.20 bits per heavy atom. The Morgan fingerprint density at radius 1 is 1.40 bits per heavy atom. The molecule has 0 radical (unpaired) electrons. The standard InChI is InChI=1S/C8H16IN/c1-8(2,3)10-6-4-5-7(10)9/h7H,4-6H2,1-3H3. The zero-order chi connectivity index (χ0) is 7.78. The molecule has 0 amide bonds. The summed E-state index contributed by atoms with van der Waals surface area (Å²) < 4.78 is 0.776. The van der Waals surface area contributed by atoms with E-state index in [1.807, 2.05) is 0 Å². The van der Waals surface area contributed by atoms with Gasteiger partial charge in [0.15, 0.2) is 0 Å². The molecule has 0 aromatic carbocycles. The predicted octanol–water partition coefficient (Wildman–Crippen LogP) is 2.64. The fourth-order valence-electron chi connectivity index (χ4n) is 1.48. The van der Waals surface area contributed by atoms with Gasteiger partial charge in [0, 0.05) is 5.54 Å². The summed E-state index contributed by atoms with van der Waals surface area (Å²) >= 11 is 2.55. The molecular formula is C8H16IN. The summed E-state index contributed by atoms with van der Waals surface area (Å²) in [6.07, 6.45) is 2.75. The highest BCUT2D eigenvalue weighted by Gasteiger charge is 2.30. The van der Waals surface area contributed by atoms with Crippen LogP contribution >= 0.6 is 22.6 Å². The van der Waals surface area contributed by atoms with Gasteiger partial charge >= 0.3 is 0 Å². The van der Waals surface area contributed by atoms with E-state index < -0.39 is 0 Å². The number of rotatable bonds is 0. The van der Waals surface area contributed by atoms with Crippen molar-refractivity contribution in [3.05, 3.63) is 0 Å². The highest BCUT2D eigenvalue weighted by molar-refractivity contribution is 14.1. The fourth-order valence-corrected chi connectivity index (χ4v) is 3.04. The van der Waals surface area contributed by atoms with E-state index in [0.717, 1.165) is 4.05 Å².